The van der Waals surface area contributed by atoms with Crippen LogP contribution in [0.1, 0.15) is 0 Å². The van der Waals surface area contributed by atoms with Crippen molar-refractivity contribution in [3.63, 3.8) is 0 Å². The minimum Gasteiger partial charge on any atom is -0.506 e. The number of rotatable bonds is 4. The molecular weight excluding hydrogens is 368 g/mol. The number of aromatic hydroxyl groups is 1. The second-order valence-corrected chi connectivity index (χ2v) is 6.17. The molecule has 0 aromatic heterocycles. The molecule has 0 aliphatic heterocycles. The van der Waals surface area contributed by atoms with Crippen molar-refractivity contribution >= 4 is 51.7 Å². The topological polar surface area (TPSA) is 69.0 Å². The molecule has 3 aromatic rings. The summed E-state index contributed by atoms with van der Waals surface area (Å²) >= 11 is 11.2. The zero-order chi connectivity index (χ0) is 18.4. The maximum Gasteiger partial charge on any atom is 0.175 e. The van der Waals surface area contributed by atoms with Gasteiger partial charge in [0.15, 0.2) is 5.11 Å². The van der Waals surface area contributed by atoms with Gasteiger partial charge in [-0.3, -0.25) is 0 Å². The van der Waals surface area contributed by atoms with Crippen LogP contribution in [0.2, 0.25) is 5.02 Å². The van der Waals surface area contributed by atoms with Crippen LogP contribution >= 0.6 is 23.8 Å². The highest BCUT2D eigenvalue weighted by Crippen LogP contribution is 2.27. The van der Waals surface area contributed by atoms with Gasteiger partial charge in [-0.15, -0.1) is 0 Å². The SMILES string of the molecule is Oc1ccc(Cl)cc1NC(=S)Nc1ccc(N=Nc2ccccc2)cc1. The minimum atomic E-state index is 0.0650. The van der Waals surface area contributed by atoms with Crippen molar-refractivity contribution < 1.29 is 5.11 Å². The molecule has 0 heterocycles. The van der Waals surface area contributed by atoms with Gasteiger partial charge in [0.25, 0.3) is 0 Å². The number of anilines is 2. The minimum absolute atomic E-state index is 0.0650. The van der Waals surface area contributed by atoms with Crippen molar-refractivity contribution in [1.29, 1.82) is 0 Å². The Labute approximate surface area is 161 Å². The Hall–Kier alpha value is -2.96. The molecule has 0 unspecified atom stereocenters. The van der Waals surface area contributed by atoms with Gasteiger partial charge in [0.1, 0.15) is 5.75 Å². The average molecular weight is 383 g/mol. The number of benzene rings is 3. The third-order valence-corrected chi connectivity index (χ3v) is 3.81. The van der Waals surface area contributed by atoms with Crippen LogP contribution in [0.15, 0.2) is 83.0 Å². The molecular formula is C19H15ClN4OS. The molecule has 0 amide bonds. The lowest BCUT2D eigenvalue weighted by Gasteiger charge is -2.12. The molecule has 5 nitrogen and oxygen atoms in total. The van der Waals surface area contributed by atoms with Crippen molar-refractivity contribution in [3.05, 3.63) is 77.8 Å². The van der Waals surface area contributed by atoms with Gasteiger partial charge in [0.2, 0.25) is 0 Å². The number of azo groups is 1. The second-order valence-electron chi connectivity index (χ2n) is 5.32. The number of hydrogen-bond acceptors (Lipinski definition) is 4. The Morgan fingerprint density at radius 1 is 0.846 bits per heavy atom. The standard InChI is InChI=1S/C19H15ClN4OS/c20-13-6-11-18(25)17(12-13)22-19(26)21-14-7-9-16(10-8-14)24-23-15-4-2-1-3-5-15/h1-12,25H,(H2,21,22,26). The summed E-state index contributed by atoms with van der Waals surface area (Å²) in [5.74, 6) is 0.0650. The average Bonchev–Trinajstić information content (AvgIpc) is 2.65. The Morgan fingerprint density at radius 3 is 2.19 bits per heavy atom. The monoisotopic (exact) mass is 382 g/mol. The van der Waals surface area contributed by atoms with E-state index in [-0.39, 0.29) is 5.75 Å². The van der Waals surface area contributed by atoms with Crippen molar-refractivity contribution in [2.24, 2.45) is 10.2 Å². The van der Waals surface area contributed by atoms with E-state index in [0.717, 1.165) is 17.1 Å². The summed E-state index contributed by atoms with van der Waals surface area (Å²) in [7, 11) is 0. The molecule has 0 aliphatic rings. The van der Waals surface area contributed by atoms with Crippen molar-refractivity contribution in [1.82, 2.24) is 0 Å². The molecule has 3 N–H and O–H groups in total. The predicted octanol–water partition coefficient (Wildman–Crippen LogP) is 6.27. The summed E-state index contributed by atoms with van der Waals surface area (Å²) in [6.07, 6.45) is 0. The molecule has 130 valence electrons. The number of thiocarbonyl (C=S) groups is 1. The molecule has 0 fully saturated rings. The fourth-order valence-electron chi connectivity index (χ4n) is 2.11. The maximum atomic E-state index is 9.81. The van der Waals surface area contributed by atoms with E-state index in [4.69, 9.17) is 23.8 Å². The number of nitrogens with one attached hydrogen (secondary N) is 2. The molecule has 0 saturated carbocycles. The number of phenolic OH excluding ortho intramolecular Hbond substituents is 1. The smallest absolute Gasteiger partial charge is 0.175 e. The van der Waals surface area contributed by atoms with Gasteiger partial charge in [-0.2, -0.15) is 10.2 Å². The van der Waals surface area contributed by atoms with Gasteiger partial charge in [0.05, 0.1) is 17.1 Å². The van der Waals surface area contributed by atoms with Crippen LogP contribution in [0.25, 0.3) is 0 Å². The molecule has 0 saturated heterocycles. The fraction of sp³-hybridized carbons (Fsp3) is 0. The van der Waals surface area contributed by atoms with Crippen LogP contribution in [0.5, 0.6) is 5.75 Å². The fourth-order valence-corrected chi connectivity index (χ4v) is 2.51. The summed E-state index contributed by atoms with van der Waals surface area (Å²) < 4.78 is 0. The summed E-state index contributed by atoms with van der Waals surface area (Å²) in [6, 6.07) is 21.5. The highest BCUT2D eigenvalue weighted by Gasteiger charge is 2.05. The number of halogens is 1. The Balaban J connectivity index is 1.61. The predicted molar refractivity (Wildman–Crippen MR) is 110 cm³/mol. The lowest BCUT2D eigenvalue weighted by Crippen LogP contribution is -2.19. The first kappa shape index (κ1) is 17.8. The summed E-state index contributed by atoms with van der Waals surface area (Å²) in [5.41, 5.74) is 2.73. The van der Waals surface area contributed by atoms with E-state index in [1.807, 2.05) is 54.6 Å². The van der Waals surface area contributed by atoms with Gasteiger partial charge in [-0.1, -0.05) is 29.8 Å². The van der Waals surface area contributed by atoms with E-state index in [9.17, 15) is 5.11 Å². The van der Waals surface area contributed by atoms with E-state index in [2.05, 4.69) is 20.9 Å². The largest absolute Gasteiger partial charge is 0.506 e. The zero-order valence-electron chi connectivity index (χ0n) is 13.6. The normalized spacial score (nSPS) is 10.7. The van der Waals surface area contributed by atoms with Crippen molar-refractivity contribution in [2.45, 2.75) is 0 Å². The molecule has 0 spiro atoms. The van der Waals surface area contributed by atoms with E-state index < -0.39 is 0 Å². The number of hydrogen-bond donors (Lipinski definition) is 3. The van der Waals surface area contributed by atoms with Gasteiger partial charge < -0.3 is 15.7 Å². The number of nitrogens with zero attached hydrogens (tertiary/aromatic N) is 2. The van der Waals surface area contributed by atoms with Crippen LogP contribution in [0.4, 0.5) is 22.7 Å². The van der Waals surface area contributed by atoms with Crippen LogP contribution < -0.4 is 10.6 Å². The molecule has 26 heavy (non-hydrogen) atoms. The van der Waals surface area contributed by atoms with Gasteiger partial charge in [-0.25, -0.2) is 0 Å². The number of phenols is 1. The second kappa shape index (κ2) is 8.42. The van der Waals surface area contributed by atoms with Gasteiger partial charge >= 0.3 is 0 Å². The lowest BCUT2D eigenvalue weighted by atomic mass is 10.3. The van der Waals surface area contributed by atoms with Crippen LogP contribution in [-0.4, -0.2) is 10.2 Å². The van der Waals surface area contributed by atoms with Gasteiger partial charge in [0, 0.05) is 10.7 Å². The lowest BCUT2D eigenvalue weighted by molar-refractivity contribution is 0.478. The van der Waals surface area contributed by atoms with E-state index in [0.29, 0.717) is 15.8 Å². The van der Waals surface area contributed by atoms with Crippen LogP contribution in [-0.2, 0) is 0 Å². The first-order chi connectivity index (χ1) is 12.6. The summed E-state index contributed by atoms with van der Waals surface area (Å²) in [6.45, 7) is 0. The van der Waals surface area contributed by atoms with Crippen molar-refractivity contribution in [3.8, 4) is 5.75 Å². The first-order valence-electron chi connectivity index (χ1n) is 7.73. The zero-order valence-corrected chi connectivity index (χ0v) is 15.1. The third-order valence-electron chi connectivity index (χ3n) is 3.37. The van der Waals surface area contributed by atoms with Crippen LogP contribution in [0.3, 0.4) is 0 Å². The summed E-state index contributed by atoms with van der Waals surface area (Å²) in [4.78, 5) is 0. The molecule has 7 heteroatoms. The molecule has 0 bridgehead atoms. The third kappa shape index (κ3) is 5.02. The van der Waals surface area contributed by atoms with Crippen LogP contribution in [0, 0.1) is 0 Å². The highest BCUT2D eigenvalue weighted by atomic mass is 35.5. The molecule has 0 radical (unpaired) electrons. The van der Waals surface area contributed by atoms with Gasteiger partial charge in [-0.05, 0) is 66.8 Å². The van der Waals surface area contributed by atoms with E-state index in [1.165, 1.54) is 6.07 Å². The highest BCUT2D eigenvalue weighted by molar-refractivity contribution is 7.80. The Bertz CT molecular complexity index is 930. The Morgan fingerprint density at radius 2 is 1.50 bits per heavy atom. The Kier molecular flexibility index (Phi) is 5.78. The van der Waals surface area contributed by atoms with E-state index in [1.54, 1.807) is 12.1 Å². The molecule has 0 aliphatic carbocycles. The van der Waals surface area contributed by atoms with E-state index >= 15 is 0 Å². The maximum absolute atomic E-state index is 9.81. The molecule has 0 atom stereocenters. The van der Waals surface area contributed by atoms with Crippen molar-refractivity contribution in [2.75, 3.05) is 10.6 Å². The molecule has 3 aromatic carbocycles. The summed E-state index contributed by atoms with van der Waals surface area (Å²) in [5, 5.41) is 24.9. The first-order valence-corrected chi connectivity index (χ1v) is 8.52. The molecule has 3 rings (SSSR count). The quantitative estimate of drug-likeness (QED) is 0.282.